The third-order valence-electron chi connectivity index (χ3n) is 4.54. The van der Waals surface area contributed by atoms with Crippen LogP contribution in [0.3, 0.4) is 0 Å². The summed E-state index contributed by atoms with van der Waals surface area (Å²) >= 11 is 0. The van der Waals surface area contributed by atoms with Gasteiger partial charge in [0.15, 0.2) is 5.84 Å². The summed E-state index contributed by atoms with van der Waals surface area (Å²) in [6.07, 6.45) is 5.18. The lowest BCUT2D eigenvalue weighted by atomic mass is 9.84. The maximum absolute atomic E-state index is 12.2. The first-order chi connectivity index (χ1) is 9.67. The quantitative estimate of drug-likeness (QED) is 0.339. The van der Waals surface area contributed by atoms with Crippen molar-refractivity contribution >= 4 is 11.7 Å². The second-order valence-electron chi connectivity index (χ2n) is 5.82. The van der Waals surface area contributed by atoms with Crippen molar-refractivity contribution in [3.63, 3.8) is 0 Å². The Hall–Kier alpha value is -1.30. The Labute approximate surface area is 120 Å². The summed E-state index contributed by atoms with van der Waals surface area (Å²) in [5.41, 5.74) is 5.79. The fourth-order valence-electron chi connectivity index (χ4n) is 3.02. The minimum absolute atomic E-state index is 0.00838. The molecule has 2 fully saturated rings. The third kappa shape index (κ3) is 3.23. The molecular formula is C14H26N4O2. The van der Waals surface area contributed by atoms with Crippen molar-refractivity contribution in [3.8, 4) is 0 Å². The fraction of sp³-hybridized carbons (Fsp3) is 0.857. The summed E-state index contributed by atoms with van der Waals surface area (Å²) in [5, 5.41) is 12.0. The van der Waals surface area contributed by atoms with Crippen LogP contribution in [0.25, 0.3) is 0 Å². The van der Waals surface area contributed by atoms with Crippen molar-refractivity contribution in [2.45, 2.75) is 45.1 Å². The Morgan fingerprint density at radius 1 is 1.35 bits per heavy atom. The normalized spacial score (nSPS) is 23.4. The number of nitrogens with zero attached hydrogens (tertiary/aromatic N) is 3. The molecule has 0 aromatic rings. The minimum atomic E-state index is -0.00838. The Kier molecular flexibility index (Phi) is 5.23. The van der Waals surface area contributed by atoms with E-state index in [1.165, 1.54) is 6.42 Å². The topological polar surface area (TPSA) is 82.2 Å². The molecule has 0 spiro atoms. The molecule has 6 nitrogen and oxygen atoms in total. The van der Waals surface area contributed by atoms with Crippen molar-refractivity contribution in [2.75, 3.05) is 26.2 Å². The number of amidine groups is 1. The number of carbonyl (C=O) groups is 1. The molecule has 1 saturated heterocycles. The molecule has 0 aromatic carbocycles. The zero-order valence-electron chi connectivity index (χ0n) is 12.3. The van der Waals surface area contributed by atoms with Gasteiger partial charge in [0.25, 0.3) is 0 Å². The van der Waals surface area contributed by atoms with Crippen LogP contribution in [0.4, 0.5) is 0 Å². The van der Waals surface area contributed by atoms with Crippen molar-refractivity contribution in [3.05, 3.63) is 0 Å². The predicted molar refractivity (Wildman–Crippen MR) is 77.6 cm³/mol. The zero-order valence-corrected chi connectivity index (χ0v) is 12.3. The zero-order chi connectivity index (χ0) is 14.5. The number of hydrogen-bond acceptors (Lipinski definition) is 4. The average molecular weight is 282 g/mol. The van der Waals surface area contributed by atoms with E-state index in [1.54, 1.807) is 0 Å². The van der Waals surface area contributed by atoms with Crippen LogP contribution in [0.1, 0.15) is 39.0 Å². The van der Waals surface area contributed by atoms with Gasteiger partial charge >= 0.3 is 0 Å². The van der Waals surface area contributed by atoms with Gasteiger partial charge in [-0.2, -0.15) is 0 Å². The van der Waals surface area contributed by atoms with Gasteiger partial charge in [0.05, 0.1) is 6.04 Å². The standard InChI is InChI=1S/C14H26N4O2/c1-2-4-12(13(15)16-20)17-7-9-18(10-8-17)14(19)11-5-3-6-11/h11-12,20H,2-10H2,1H3,(H2,15,16). The molecule has 1 amide bonds. The van der Waals surface area contributed by atoms with E-state index in [4.69, 9.17) is 10.9 Å². The minimum Gasteiger partial charge on any atom is -0.409 e. The number of nitrogens with two attached hydrogens (primary N) is 1. The highest BCUT2D eigenvalue weighted by Crippen LogP contribution is 2.28. The van der Waals surface area contributed by atoms with Crippen LogP contribution in [0, 0.1) is 5.92 Å². The van der Waals surface area contributed by atoms with E-state index in [0.29, 0.717) is 5.91 Å². The van der Waals surface area contributed by atoms with Gasteiger partial charge < -0.3 is 15.8 Å². The van der Waals surface area contributed by atoms with E-state index in [9.17, 15) is 4.79 Å². The lowest BCUT2D eigenvalue weighted by Crippen LogP contribution is -2.56. The van der Waals surface area contributed by atoms with E-state index in [1.807, 2.05) is 4.90 Å². The highest BCUT2D eigenvalue weighted by molar-refractivity contribution is 5.85. The highest BCUT2D eigenvalue weighted by Gasteiger charge is 2.33. The van der Waals surface area contributed by atoms with Crippen LogP contribution in [-0.2, 0) is 4.79 Å². The predicted octanol–water partition coefficient (Wildman–Crippen LogP) is 0.846. The fourth-order valence-corrected chi connectivity index (χ4v) is 3.02. The number of oxime groups is 1. The van der Waals surface area contributed by atoms with Gasteiger partial charge in [-0.05, 0) is 19.3 Å². The summed E-state index contributed by atoms with van der Waals surface area (Å²) in [7, 11) is 0. The molecule has 114 valence electrons. The molecule has 1 saturated carbocycles. The maximum Gasteiger partial charge on any atom is 0.225 e. The summed E-state index contributed by atoms with van der Waals surface area (Å²) in [6.45, 7) is 5.22. The number of rotatable bonds is 5. The van der Waals surface area contributed by atoms with Crippen molar-refractivity contribution < 1.29 is 10.0 Å². The average Bonchev–Trinajstić information content (AvgIpc) is 2.42. The monoisotopic (exact) mass is 282 g/mol. The molecule has 1 aliphatic heterocycles. The van der Waals surface area contributed by atoms with Gasteiger partial charge in [-0.15, -0.1) is 0 Å². The second-order valence-corrected chi connectivity index (χ2v) is 5.82. The van der Waals surface area contributed by atoms with Gasteiger partial charge in [0, 0.05) is 32.1 Å². The van der Waals surface area contributed by atoms with Crippen LogP contribution in [0.2, 0.25) is 0 Å². The van der Waals surface area contributed by atoms with E-state index >= 15 is 0 Å². The van der Waals surface area contributed by atoms with Crippen LogP contribution < -0.4 is 5.73 Å². The molecule has 1 atom stereocenters. The Balaban J connectivity index is 1.87. The lowest BCUT2D eigenvalue weighted by Gasteiger charge is -2.40. The molecule has 0 bridgehead atoms. The van der Waals surface area contributed by atoms with Gasteiger partial charge in [-0.1, -0.05) is 24.9 Å². The van der Waals surface area contributed by atoms with Crippen molar-refractivity contribution in [1.82, 2.24) is 9.80 Å². The van der Waals surface area contributed by atoms with Crippen molar-refractivity contribution in [1.29, 1.82) is 0 Å². The maximum atomic E-state index is 12.2. The van der Waals surface area contributed by atoms with E-state index in [2.05, 4.69) is 17.0 Å². The molecule has 1 heterocycles. The highest BCUT2D eigenvalue weighted by atomic mass is 16.4. The van der Waals surface area contributed by atoms with Gasteiger partial charge in [0.2, 0.25) is 5.91 Å². The van der Waals surface area contributed by atoms with Gasteiger partial charge in [0.1, 0.15) is 0 Å². The van der Waals surface area contributed by atoms with E-state index in [0.717, 1.165) is 51.9 Å². The number of piperazine rings is 1. The molecule has 6 heteroatoms. The molecule has 0 aromatic heterocycles. The first-order valence-corrected chi connectivity index (χ1v) is 7.67. The summed E-state index contributed by atoms with van der Waals surface area (Å²) in [4.78, 5) is 16.4. The van der Waals surface area contributed by atoms with Gasteiger partial charge in [-0.25, -0.2) is 0 Å². The summed E-state index contributed by atoms with van der Waals surface area (Å²) < 4.78 is 0. The summed E-state index contributed by atoms with van der Waals surface area (Å²) in [5.74, 6) is 0.884. The molecule has 0 radical (unpaired) electrons. The summed E-state index contributed by atoms with van der Waals surface area (Å²) in [6, 6.07) is -0.00838. The molecule has 1 aliphatic carbocycles. The Morgan fingerprint density at radius 2 is 2.00 bits per heavy atom. The van der Waals surface area contributed by atoms with Crippen LogP contribution in [-0.4, -0.2) is 59.0 Å². The number of amides is 1. The third-order valence-corrected chi connectivity index (χ3v) is 4.54. The number of carbonyl (C=O) groups excluding carboxylic acids is 1. The molecule has 1 unspecified atom stereocenters. The van der Waals surface area contributed by atoms with E-state index in [-0.39, 0.29) is 17.8 Å². The lowest BCUT2D eigenvalue weighted by molar-refractivity contribution is -0.140. The van der Waals surface area contributed by atoms with Crippen molar-refractivity contribution in [2.24, 2.45) is 16.8 Å². The molecule has 3 N–H and O–H groups in total. The van der Waals surface area contributed by atoms with Crippen LogP contribution in [0.15, 0.2) is 5.16 Å². The number of hydrogen-bond donors (Lipinski definition) is 2. The molecule has 20 heavy (non-hydrogen) atoms. The van der Waals surface area contributed by atoms with Crippen LogP contribution in [0.5, 0.6) is 0 Å². The second kappa shape index (κ2) is 6.92. The SMILES string of the molecule is CCCC(C(N)=NO)N1CCN(C(=O)C2CCC2)CC1. The molecule has 2 aliphatic rings. The first kappa shape index (κ1) is 15.1. The molecule has 2 rings (SSSR count). The largest absolute Gasteiger partial charge is 0.409 e. The first-order valence-electron chi connectivity index (χ1n) is 7.67. The Bertz CT molecular complexity index is 360. The smallest absolute Gasteiger partial charge is 0.225 e. The Morgan fingerprint density at radius 3 is 2.45 bits per heavy atom. The van der Waals surface area contributed by atoms with Crippen LogP contribution >= 0.6 is 0 Å². The van der Waals surface area contributed by atoms with Gasteiger partial charge in [-0.3, -0.25) is 9.69 Å². The molecular weight excluding hydrogens is 256 g/mol. The van der Waals surface area contributed by atoms with E-state index < -0.39 is 0 Å².